The number of nitrogen functional groups attached to an aromatic ring is 1. The average molecular weight is 150 g/mol. The van der Waals surface area contributed by atoms with E-state index in [-0.39, 0.29) is 5.54 Å². The Morgan fingerprint density at radius 2 is 2.00 bits per heavy atom. The van der Waals surface area contributed by atoms with E-state index in [0.29, 0.717) is 5.82 Å². The molecule has 11 heavy (non-hydrogen) atoms. The van der Waals surface area contributed by atoms with Gasteiger partial charge in [-0.25, -0.2) is 4.98 Å². The van der Waals surface area contributed by atoms with Crippen LogP contribution < -0.4 is 11.5 Å². The van der Waals surface area contributed by atoms with Crippen LogP contribution in [0.25, 0.3) is 0 Å². The Kier molecular flexibility index (Phi) is 1.14. The topological polar surface area (TPSA) is 77.8 Å². The molecule has 1 aliphatic rings. The van der Waals surface area contributed by atoms with E-state index in [1.54, 1.807) is 12.4 Å². The van der Waals surface area contributed by atoms with E-state index in [2.05, 4.69) is 9.97 Å². The fourth-order valence-electron chi connectivity index (χ4n) is 0.986. The Labute approximate surface area is 64.6 Å². The van der Waals surface area contributed by atoms with Crippen molar-refractivity contribution in [3.05, 3.63) is 18.1 Å². The Morgan fingerprint density at radius 3 is 2.45 bits per heavy atom. The summed E-state index contributed by atoms with van der Waals surface area (Å²) in [6.45, 7) is 0. The van der Waals surface area contributed by atoms with Gasteiger partial charge in [0.15, 0.2) is 0 Å². The molecule has 1 heterocycles. The number of aromatic nitrogens is 2. The lowest BCUT2D eigenvalue weighted by Gasteiger charge is -2.05. The molecular formula is C7H10N4. The molecular weight excluding hydrogens is 140 g/mol. The van der Waals surface area contributed by atoms with Crippen molar-refractivity contribution < 1.29 is 0 Å². The normalized spacial score (nSPS) is 19.7. The molecule has 4 heteroatoms. The lowest BCUT2D eigenvalue weighted by molar-refractivity contribution is 0.702. The molecule has 0 atom stereocenters. The average Bonchev–Trinajstić information content (AvgIpc) is 2.70. The van der Waals surface area contributed by atoms with E-state index in [0.717, 1.165) is 18.5 Å². The van der Waals surface area contributed by atoms with Gasteiger partial charge in [0.1, 0.15) is 5.82 Å². The summed E-state index contributed by atoms with van der Waals surface area (Å²) in [6, 6.07) is 0. The van der Waals surface area contributed by atoms with Gasteiger partial charge in [-0.05, 0) is 12.8 Å². The highest BCUT2D eigenvalue weighted by molar-refractivity contribution is 5.27. The van der Waals surface area contributed by atoms with E-state index in [1.807, 2.05) is 0 Å². The van der Waals surface area contributed by atoms with Crippen molar-refractivity contribution in [2.24, 2.45) is 5.73 Å². The third-order valence-corrected chi connectivity index (χ3v) is 1.97. The minimum Gasteiger partial charge on any atom is -0.382 e. The van der Waals surface area contributed by atoms with Crippen molar-refractivity contribution in [1.29, 1.82) is 0 Å². The molecule has 0 aromatic carbocycles. The second-order valence-electron chi connectivity index (χ2n) is 2.98. The first-order chi connectivity index (χ1) is 5.21. The van der Waals surface area contributed by atoms with Crippen LogP contribution in [0.3, 0.4) is 0 Å². The van der Waals surface area contributed by atoms with Crippen LogP contribution in [0.2, 0.25) is 0 Å². The minimum absolute atomic E-state index is 0.194. The van der Waals surface area contributed by atoms with E-state index in [1.165, 1.54) is 0 Å². The molecule has 1 aliphatic carbocycles. The first-order valence-corrected chi connectivity index (χ1v) is 3.58. The molecule has 0 spiro atoms. The molecule has 1 saturated carbocycles. The summed E-state index contributed by atoms with van der Waals surface area (Å²) in [4.78, 5) is 8.02. The monoisotopic (exact) mass is 150 g/mol. The maximum atomic E-state index is 5.87. The Bertz CT molecular complexity index is 262. The molecule has 1 fully saturated rings. The molecule has 4 N–H and O–H groups in total. The van der Waals surface area contributed by atoms with Crippen LogP contribution >= 0.6 is 0 Å². The van der Waals surface area contributed by atoms with Crippen molar-refractivity contribution in [3.63, 3.8) is 0 Å². The van der Waals surface area contributed by atoms with Crippen LogP contribution in [0.1, 0.15) is 18.5 Å². The SMILES string of the molecule is Nc1cnc(C2(N)CC2)cn1. The predicted molar refractivity (Wildman–Crippen MR) is 41.5 cm³/mol. The van der Waals surface area contributed by atoms with Crippen LogP contribution in [-0.4, -0.2) is 9.97 Å². The molecule has 0 amide bonds. The molecule has 2 rings (SSSR count). The van der Waals surface area contributed by atoms with Crippen molar-refractivity contribution in [1.82, 2.24) is 9.97 Å². The highest BCUT2D eigenvalue weighted by Gasteiger charge is 2.41. The first-order valence-electron chi connectivity index (χ1n) is 3.58. The Hall–Kier alpha value is -1.16. The lowest BCUT2D eigenvalue weighted by atomic mass is 10.2. The van der Waals surface area contributed by atoms with Gasteiger partial charge < -0.3 is 11.5 Å². The number of hydrogen-bond donors (Lipinski definition) is 2. The van der Waals surface area contributed by atoms with Gasteiger partial charge in [-0.1, -0.05) is 0 Å². The molecule has 0 aliphatic heterocycles. The third-order valence-electron chi connectivity index (χ3n) is 1.97. The maximum absolute atomic E-state index is 5.87. The zero-order chi connectivity index (χ0) is 7.90. The minimum atomic E-state index is -0.194. The summed E-state index contributed by atoms with van der Waals surface area (Å²) in [5.41, 5.74) is 11.9. The smallest absolute Gasteiger partial charge is 0.141 e. The number of rotatable bonds is 1. The van der Waals surface area contributed by atoms with Gasteiger partial charge in [-0.3, -0.25) is 4.98 Å². The zero-order valence-corrected chi connectivity index (χ0v) is 6.12. The van der Waals surface area contributed by atoms with Crippen LogP contribution in [0.4, 0.5) is 5.82 Å². The quantitative estimate of drug-likeness (QED) is 0.591. The van der Waals surface area contributed by atoms with Gasteiger partial charge in [-0.15, -0.1) is 0 Å². The molecule has 0 unspecified atom stereocenters. The zero-order valence-electron chi connectivity index (χ0n) is 6.12. The van der Waals surface area contributed by atoms with Gasteiger partial charge in [0.05, 0.1) is 23.6 Å². The fourth-order valence-corrected chi connectivity index (χ4v) is 0.986. The van der Waals surface area contributed by atoms with Crippen LogP contribution in [0.15, 0.2) is 12.4 Å². The van der Waals surface area contributed by atoms with E-state index in [9.17, 15) is 0 Å². The summed E-state index contributed by atoms with van der Waals surface area (Å²) < 4.78 is 0. The van der Waals surface area contributed by atoms with Gasteiger partial charge in [0.2, 0.25) is 0 Å². The van der Waals surface area contributed by atoms with E-state index < -0.39 is 0 Å². The first kappa shape index (κ1) is 6.54. The molecule has 1 aromatic rings. The van der Waals surface area contributed by atoms with Gasteiger partial charge in [0.25, 0.3) is 0 Å². The number of nitrogens with zero attached hydrogens (tertiary/aromatic N) is 2. The summed E-state index contributed by atoms with van der Waals surface area (Å²) in [6.07, 6.45) is 5.21. The number of nitrogens with two attached hydrogens (primary N) is 2. The molecule has 0 radical (unpaired) electrons. The van der Waals surface area contributed by atoms with Gasteiger partial charge in [0, 0.05) is 0 Å². The fraction of sp³-hybridized carbons (Fsp3) is 0.429. The molecule has 4 nitrogen and oxygen atoms in total. The van der Waals surface area contributed by atoms with Crippen LogP contribution in [0, 0.1) is 0 Å². The summed E-state index contributed by atoms with van der Waals surface area (Å²) >= 11 is 0. The highest BCUT2D eigenvalue weighted by atomic mass is 14.9. The third kappa shape index (κ3) is 1.05. The summed E-state index contributed by atoms with van der Waals surface area (Å²) in [5, 5.41) is 0. The lowest BCUT2D eigenvalue weighted by Crippen LogP contribution is -2.20. The highest BCUT2D eigenvalue weighted by Crippen LogP contribution is 2.41. The Morgan fingerprint density at radius 1 is 1.27 bits per heavy atom. The molecule has 58 valence electrons. The van der Waals surface area contributed by atoms with Crippen molar-refractivity contribution >= 4 is 5.82 Å². The van der Waals surface area contributed by atoms with Gasteiger partial charge in [-0.2, -0.15) is 0 Å². The summed E-state index contributed by atoms with van der Waals surface area (Å²) in [5.74, 6) is 0.443. The van der Waals surface area contributed by atoms with Crippen LogP contribution in [0.5, 0.6) is 0 Å². The maximum Gasteiger partial charge on any atom is 0.141 e. The largest absolute Gasteiger partial charge is 0.382 e. The number of anilines is 1. The second kappa shape index (κ2) is 1.92. The van der Waals surface area contributed by atoms with E-state index >= 15 is 0 Å². The molecule has 0 saturated heterocycles. The van der Waals surface area contributed by atoms with Crippen molar-refractivity contribution in [2.75, 3.05) is 5.73 Å². The van der Waals surface area contributed by atoms with Crippen molar-refractivity contribution in [3.8, 4) is 0 Å². The van der Waals surface area contributed by atoms with Crippen molar-refractivity contribution in [2.45, 2.75) is 18.4 Å². The number of hydrogen-bond acceptors (Lipinski definition) is 4. The Balaban J connectivity index is 2.33. The summed E-state index contributed by atoms with van der Waals surface area (Å²) in [7, 11) is 0. The van der Waals surface area contributed by atoms with Crippen LogP contribution in [-0.2, 0) is 5.54 Å². The predicted octanol–water partition coefficient (Wildman–Crippen LogP) is 0.00660. The standard InChI is InChI=1S/C7H10N4/c8-6-4-10-5(3-11-6)7(9)1-2-7/h3-4H,1-2,9H2,(H2,8,11). The van der Waals surface area contributed by atoms with E-state index in [4.69, 9.17) is 11.5 Å². The van der Waals surface area contributed by atoms with Gasteiger partial charge >= 0.3 is 0 Å². The molecule has 0 bridgehead atoms. The second-order valence-corrected chi connectivity index (χ2v) is 2.98. The molecule has 1 aromatic heterocycles.